The highest BCUT2D eigenvalue weighted by molar-refractivity contribution is 7.99. The highest BCUT2D eigenvalue weighted by atomic mass is 32.2. The van der Waals surface area contributed by atoms with E-state index in [-0.39, 0.29) is 25.0 Å². The number of hydrogen-bond acceptors (Lipinski definition) is 19. The zero-order valence-electron chi connectivity index (χ0n) is 36.5. The van der Waals surface area contributed by atoms with E-state index < -0.39 is 181 Å². The Labute approximate surface area is 404 Å². The molecule has 2 heterocycles. The lowest BCUT2D eigenvalue weighted by atomic mass is 9.76. The number of nitrogens with one attached hydrogen (secondary N) is 4. The van der Waals surface area contributed by atoms with Crippen molar-refractivity contribution in [1.82, 2.24) is 41.2 Å². The Kier molecular flexibility index (Phi) is 22.4. The van der Waals surface area contributed by atoms with E-state index in [0.717, 1.165) is 24.5 Å². The molecule has 1 aliphatic rings. The number of carbonyl (C=O) groups excluding carboxylic acids is 5. The van der Waals surface area contributed by atoms with E-state index in [2.05, 4.69) is 50.7 Å². The monoisotopic (exact) mass is 1060 g/mol. The van der Waals surface area contributed by atoms with Crippen molar-refractivity contribution < 1.29 is 99.4 Å². The van der Waals surface area contributed by atoms with Gasteiger partial charge in [-0.05, 0) is 31.7 Å². The third kappa shape index (κ3) is 20.7. The summed E-state index contributed by atoms with van der Waals surface area (Å²) in [4.78, 5) is 128. The number of aromatic nitrogens is 4. The number of carbonyl (C=O) groups is 9. The third-order valence-corrected chi connectivity index (χ3v) is 12.7. The molecule has 0 spiro atoms. The summed E-state index contributed by atoms with van der Waals surface area (Å²) in [6.07, 6.45) is -11.0. The first kappa shape index (κ1) is 58.7. The summed E-state index contributed by atoms with van der Waals surface area (Å²) in [5.41, 5.74) is 10.6. The van der Waals surface area contributed by atoms with Crippen LogP contribution in [0.4, 0.5) is 26.3 Å². The molecule has 12 N–H and O–H groups in total. The first-order valence-corrected chi connectivity index (χ1v) is 22.7. The summed E-state index contributed by atoms with van der Waals surface area (Å²) in [6, 6.07) is -5.81. The number of nitrogens with zero attached hydrogens (tertiary/aromatic N) is 4. The lowest BCUT2D eigenvalue weighted by molar-refractivity contribution is -0.278. The Hall–Kier alpha value is -6.61. The maximum Gasteiger partial charge on any atom is 0.575 e. The minimum Gasteiger partial charge on any atom is -0.480 e. The molecule has 0 bridgehead atoms. The standard InChI is InChI=1S/C38H46F6N10O15S2/c39-37(40,41)68-25-9-11-47-31(54-25)30(71-15-22(33(63)50-13-27(59)60)52-24(56)7-5-19(46)35(66)67)17-3-1-2-16(28(17)61)29(20-8-10-48-36(53-20)69-38(42,43)44)70-14-21(32(62)49-12-26(57)58)51-23(55)6-4-18(45)34(64)65/h8-11,16-19,21-22,29-30H,1-7,12-15,45-46H2,(H,49,62)(H,50,63)(H,51,55)(H,52,56)(H,57,58)(H,59,60)(H,64,65)(H,66,67). The number of hydrogen-bond donors (Lipinski definition) is 10. The first-order chi connectivity index (χ1) is 33.1. The van der Waals surface area contributed by atoms with Gasteiger partial charge in [0.1, 0.15) is 48.9 Å². The number of alkyl halides is 6. The zero-order valence-corrected chi connectivity index (χ0v) is 38.1. The Morgan fingerprint density at radius 1 is 0.690 bits per heavy atom. The molecular formula is C38H46F6N10O15S2. The largest absolute Gasteiger partial charge is 0.575 e. The van der Waals surface area contributed by atoms with Crippen LogP contribution in [-0.2, 0) is 43.2 Å². The number of aliphatic carboxylic acids is 4. The number of halogens is 6. The minimum atomic E-state index is -5.32. The van der Waals surface area contributed by atoms with Gasteiger partial charge in [-0.15, -0.1) is 49.9 Å². The van der Waals surface area contributed by atoms with Crippen molar-refractivity contribution in [1.29, 1.82) is 0 Å². The van der Waals surface area contributed by atoms with Crippen LogP contribution in [0.5, 0.6) is 11.9 Å². The van der Waals surface area contributed by atoms with Crippen molar-refractivity contribution in [3.05, 3.63) is 36.0 Å². The molecule has 1 saturated carbocycles. The van der Waals surface area contributed by atoms with Gasteiger partial charge in [0.2, 0.25) is 29.5 Å². The highest BCUT2D eigenvalue weighted by Crippen LogP contribution is 2.48. The van der Waals surface area contributed by atoms with E-state index in [9.17, 15) is 79.7 Å². The van der Waals surface area contributed by atoms with Crippen molar-refractivity contribution in [2.75, 3.05) is 24.6 Å². The van der Waals surface area contributed by atoms with Gasteiger partial charge in [-0.3, -0.25) is 43.2 Å². The second-order valence-electron chi connectivity index (χ2n) is 15.1. The van der Waals surface area contributed by atoms with E-state index in [1.54, 1.807) is 0 Å². The highest BCUT2D eigenvalue weighted by Gasteiger charge is 2.44. The number of rotatable bonds is 28. The van der Waals surface area contributed by atoms with Crippen LogP contribution in [0.25, 0.3) is 0 Å². The van der Waals surface area contributed by atoms with E-state index in [4.69, 9.17) is 21.7 Å². The molecule has 8 unspecified atom stereocenters. The van der Waals surface area contributed by atoms with Gasteiger partial charge in [-0.25, -0.2) is 9.97 Å². The predicted octanol–water partition coefficient (Wildman–Crippen LogP) is 0.0534. The van der Waals surface area contributed by atoms with Crippen molar-refractivity contribution >= 4 is 76.8 Å². The van der Waals surface area contributed by atoms with Crippen LogP contribution >= 0.6 is 23.5 Å². The summed E-state index contributed by atoms with van der Waals surface area (Å²) in [7, 11) is 0. The van der Waals surface area contributed by atoms with Crippen LogP contribution < -0.4 is 42.2 Å². The molecule has 33 heteroatoms. The molecule has 392 valence electrons. The van der Waals surface area contributed by atoms with Gasteiger partial charge >= 0.3 is 42.6 Å². The Balaban J connectivity index is 2.14. The van der Waals surface area contributed by atoms with Crippen molar-refractivity contribution in [2.24, 2.45) is 23.3 Å². The van der Waals surface area contributed by atoms with Crippen molar-refractivity contribution in [3.63, 3.8) is 0 Å². The molecule has 0 radical (unpaired) electrons. The molecule has 8 atom stereocenters. The number of ether oxygens (including phenoxy) is 2. The van der Waals surface area contributed by atoms with Crippen LogP contribution in [0, 0.1) is 11.8 Å². The number of thioether (sulfide) groups is 2. The molecule has 3 rings (SSSR count). The molecular weight excluding hydrogens is 1010 g/mol. The summed E-state index contributed by atoms with van der Waals surface area (Å²) in [6.45, 7) is -1.93. The molecule has 1 aliphatic carbocycles. The van der Waals surface area contributed by atoms with Gasteiger partial charge in [0.15, 0.2) is 0 Å². The molecule has 0 saturated heterocycles. The van der Waals surface area contributed by atoms with Crippen LogP contribution in [0.3, 0.4) is 0 Å². The van der Waals surface area contributed by atoms with E-state index in [0.29, 0.717) is 23.5 Å². The molecule has 2 aromatic rings. The topological polar surface area (TPSA) is 405 Å². The van der Waals surface area contributed by atoms with Gasteiger partial charge in [-0.2, -0.15) is 9.97 Å². The summed E-state index contributed by atoms with van der Waals surface area (Å²) in [5, 5.41) is 42.4. The molecule has 71 heavy (non-hydrogen) atoms. The number of ketones is 1. The van der Waals surface area contributed by atoms with Gasteiger partial charge in [0, 0.05) is 54.6 Å². The zero-order chi connectivity index (χ0) is 53.2. The maximum absolute atomic E-state index is 15.0. The minimum absolute atomic E-state index is 0.0666. The van der Waals surface area contributed by atoms with Crippen molar-refractivity contribution in [2.45, 2.75) is 92.3 Å². The quantitative estimate of drug-likeness (QED) is 0.0503. The van der Waals surface area contributed by atoms with Crippen molar-refractivity contribution in [3.8, 4) is 11.9 Å². The van der Waals surface area contributed by atoms with Gasteiger partial charge in [-0.1, -0.05) is 6.42 Å². The fraction of sp³-hybridized carbons (Fsp3) is 0.553. The second-order valence-corrected chi connectivity index (χ2v) is 17.4. The number of Topliss-reactive ketones (excluding diaryl/α,β-unsaturated/α-hetero) is 1. The summed E-state index contributed by atoms with van der Waals surface area (Å²) >= 11 is 1.27. The number of nitrogens with two attached hydrogens (primary N) is 2. The average Bonchev–Trinajstić information content (AvgIpc) is 3.27. The van der Waals surface area contributed by atoms with Crippen LogP contribution in [0.1, 0.15) is 67.0 Å². The second kappa shape index (κ2) is 27.1. The number of amides is 4. The average molecular weight is 1060 g/mol. The Morgan fingerprint density at radius 3 is 1.62 bits per heavy atom. The van der Waals surface area contributed by atoms with E-state index >= 15 is 0 Å². The molecule has 2 aromatic heterocycles. The van der Waals surface area contributed by atoms with E-state index in [1.807, 2.05) is 0 Å². The van der Waals surface area contributed by atoms with Gasteiger partial charge < -0.3 is 62.6 Å². The molecule has 4 amide bonds. The molecule has 1 fully saturated rings. The normalized spacial score (nSPS) is 17.5. The lowest BCUT2D eigenvalue weighted by Crippen LogP contribution is -2.50. The lowest BCUT2D eigenvalue weighted by Gasteiger charge is -2.36. The smallest absolute Gasteiger partial charge is 0.480 e. The maximum atomic E-state index is 15.0. The summed E-state index contributed by atoms with van der Waals surface area (Å²) in [5.74, 6) is -16.3. The SMILES string of the molecule is NC(CCC(=O)NC(CSC(c1ccnc(OC(F)(F)F)n1)C1CCCC(C(SCC(NC(=O)CCC(N)C(=O)O)C(=O)NCC(=O)O)c2nccc(OC(F)(F)F)n2)C1=O)C(=O)NCC(=O)O)C(=O)O. The number of carboxylic acid groups (broad SMARTS) is 4. The van der Waals surface area contributed by atoms with Crippen LogP contribution in [0.15, 0.2) is 24.5 Å². The summed E-state index contributed by atoms with van der Waals surface area (Å²) < 4.78 is 88.2. The fourth-order valence-electron chi connectivity index (χ4n) is 6.52. The molecule has 25 nitrogen and oxygen atoms in total. The van der Waals surface area contributed by atoms with Crippen LogP contribution in [0.2, 0.25) is 0 Å². The Morgan fingerprint density at radius 2 is 1.15 bits per heavy atom. The molecule has 0 aromatic carbocycles. The number of carboxylic acids is 4. The van der Waals surface area contributed by atoms with Crippen LogP contribution in [-0.4, -0.2) is 155 Å². The Bertz CT molecular complexity index is 2100. The van der Waals surface area contributed by atoms with Gasteiger partial charge in [0.05, 0.1) is 16.2 Å². The predicted molar refractivity (Wildman–Crippen MR) is 229 cm³/mol. The van der Waals surface area contributed by atoms with Gasteiger partial charge in [0.25, 0.3) is 0 Å². The van der Waals surface area contributed by atoms with E-state index in [1.165, 1.54) is 0 Å². The first-order valence-electron chi connectivity index (χ1n) is 20.6. The third-order valence-electron chi connectivity index (χ3n) is 9.78. The molecule has 0 aliphatic heterocycles. The fourth-order valence-corrected chi connectivity index (χ4v) is 9.36.